The van der Waals surface area contributed by atoms with E-state index in [1.807, 2.05) is 42.5 Å². The Morgan fingerprint density at radius 2 is 1.77 bits per heavy atom. The number of aromatic nitrogens is 1. The first kappa shape index (κ1) is 19.7. The van der Waals surface area contributed by atoms with Gasteiger partial charge in [0.05, 0.1) is 18.7 Å². The molecule has 4 aromatic rings. The summed E-state index contributed by atoms with van der Waals surface area (Å²) < 4.78 is 19.1. The Hall–Kier alpha value is -3.60. The number of hydrogen-bond acceptors (Lipinski definition) is 2. The summed E-state index contributed by atoms with van der Waals surface area (Å²) in [4.78, 5) is 15.4. The lowest BCUT2D eigenvalue weighted by Crippen LogP contribution is -2.09. The van der Waals surface area contributed by atoms with Crippen LogP contribution in [0, 0.1) is 5.82 Å². The molecule has 0 saturated carbocycles. The number of fused-ring (bicyclic) bond motifs is 1. The Morgan fingerprint density at radius 1 is 1.07 bits per heavy atom. The van der Waals surface area contributed by atoms with Crippen LogP contribution in [-0.4, -0.2) is 23.2 Å². The minimum atomic E-state index is -0.923. The van der Waals surface area contributed by atoms with Crippen molar-refractivity contribution in [1.82, 2.24) is 4.98 Å². The number of rotatable bonds is 6. The van der Waals surface area contributed by atoms with Gasteiger partial charge in [-0.1, -0.05) is 30.3 Å². The number of aliphatic carboxylic acids is 1. The summed E-state index contributed by atoms with van der Waals surface area (Å²) in [6, 6.07) is 19.8. The zero-order chi connectivity index (χ0) is 21.3. The highest BCUT2D eigenvalue weighted by molar-refractivity contribution is 5.99. The first-order chi connectivity index (χ1) is 14.5. The highest BCUT2D eigenvalue weighted by Crippen LogP contribution is 2.41. The summed E-state index contributed by atoms with van der Waals surface area (Å²) in [6.07, 6.45) is 0.599. The van der Waals surface area contributed by atoms with E-state index in [0.717, 1.165) is 27.6 Å². The standard InChI is InChI=1S/C25H22FNO3/c1-15(25(28)29)22-23-19(14-16-6-4-3-5-7-16)21(30-2)13-12-20(23)27-24(22)17-8-10-18(26)11-9-17/h3-13,15,27H,14H2,1-2H3,(H,28,29). The Balaban J connectivity index is 2.02. The van der Waals surface area contributed by atoms with E-state index in [1.165, 1.54) is 12.1 Å². The van der Waals surface area contributed by atoms with Crippen LogP contribution in [0.3, 0.4) is 0 Å². The average Bonchev–Trinajstić information content (AvgIpc) is 3.14. The van der Waals surface area contributed by atoms with Gasteiger partial charge >= 0.3 is 5.97 Å². The number of carboxylic acids is 1. The van der Waals surface area contributed by atoms with E-state index >= 15 is 0 Å². The maximum atomic E-state index is 13.5. The second-order valence-electron chi connectivity index (χ2n) is 7.31. The molecule has 152 valence electrons. The zero-order valence-electron chi connectivity index (χ0n) is 16.8. The molecule has 4 nitrogen and oxygen atoms in total. The molecule has 0 fully saturated rings. The number of hydrogen-bond donors (Lipinski definition) is 2. The van der Waals surface area contributed by atoms with Crippen LogP contribution in [0.1, 0.15) is 29.5 Å². The molecule has 0 spiro atoms. The number of nitrogens with one attached hydrogen (secondary N) is 1. The van der Waals surface area contributed by atoms with Crippen LogP contribution in [0.15, 0.2) is 66.7 Å². The van der Waals surface area contributed by atoms with Gasteiger partial charge in [0.2, 0.25) is 0 Å². The first-order valence-electron chi connectivity index (χ1n) is 9.73. The van der Waals surface area contributed by atoms with E-state index < -0.39 is 11.9 Å². The molecule has 1 atom stereocenters. The number of carbonyl (C=O) groups is 1. The normalized spacial score (nSPS) is 12.1. The van der Waals surface area contributed by atoms with Gasteiger partial charge in [-0.15, -0.1) is 0 Å². The minimum absolute atomic E-state index is 0.339. The van der Waals surface area contributed by atoms with Gasteiger partial charge in [0, 0.05) is 22.9 Å². The van der Waals surface area contributed by atoms with Crippen LogP contribution < -0.4 is 4.74 Å². The van der Waals surface area contributed by atoms with E-state index in [1.54, 1.807) is 26.2 Å². The molecule has 30 heavy (non-hydrogen) atoms. The number of ether oxygens (including phenoxy) is 1. The van der Waals surface area contributed by atoms with Gasteiger partial charge in [0.1, 0.15) is 11.6 Å². The molecule has 0 bridgehead atoms. The van der Waals surface area contributed by atoms with Gasteiger partial charge in [-0.25, -0.2) is 4.39 Å². The van der Waals surface area contributed by atoms with Gasteiger partial charge in [-0.05, 0) is 60.0 Å². The number of aromatic amines is 1. The van der Waals surface area contributed by atoms with Crippen molar-refractivity contribution in [2.24, 2.45) is 0 Å². The molecule has 0 aliphatic rings. The van der Waals surface area contributed by atoms with Crippen LogP contribution in [0.2, 0.25) is 0 Å². The van der Waals surface area contributed by atoms with Crippen molar-refractivity contribution >= 4 is 16.9 Å². The second-order valence-corrected chi connectivity index (χ2v) is 7.31. The lowest BCUT2D eigenvalue weighted by molar-refractivity contribution is -0.138. The van der Waals surface area contributed by atoms with Gasteiger partial charge in [-0.3, -0.25) is 4.79 Å². The van der Waals surface area contributed by atoms with Crippen molar-refractivity contribution in [3.8, 4) is 17.0 Å². The van der Waals surface area contributed by atoms with E-state index in [4.69, 9.17) is 4.74 Å². The monoisotopic (exact) mass is 403 g/mol. The molecule has 0 amide bonds. The van der Waals surface area contributed by atoms with Gasteiger partial charge in [-0.2, -0.15) is 0 Å². The van der Waals surface area contributed by atoms with Crippen LogP contribution in [0.5, 0.6) is 5.75 Å². The van der Waals surface area contributed by atoms with Gasteiger partial charge in [0.15, 0.2) is 0 Å². The molecular weight excluding hydrogens is 381 g/mol. The topological polar surface area (TPSA) is 62.3 Å². The quantitative estimate of drug-likeness (QED) is 0.430. The molecule has 2 N–H and O–H groups in total. The number of H-pyrrole nitrogens is 1. The smallest absolute Gasteiger partial charge is 0.310 e. The van der Waals surface area contributed by atoms with Crippen molar-refractivity contribution in [3.63, 3.8) is 0 Å². The van der Waals surface area contributed by atoms with Crippen LogP contribution >= 0.6 is 0 Å². The summed E-state index contributed by atoms with van der Waals surface area (Å²) in [5.74, 6) is -1.32. The van der Waals surface area contributed by atoms with Gasteiger partial charge in [0.25, 0.3) is 0 Å². The highest BCUT2D eigenvalue weighted by Gasteiger charge is 2.26. The maximum absolute atomic E-state index is 13.5. The number of benzene rings is 3. The number of carboxylic acid groups (broad SMARTS) is 1. The third-order valence-corrected chi connectivity index (χ3v) is 5.45. The summed E-state index contributed by atoms with van der Waals surface area (Å²) in [7, 11) is 1.61. The van der Waals surface area contributed by atoms with Crippen LogP contribution in [-0.2, 0) is 11.2 Å². The van der Waals surface area contributed by atoms with Crippen molar-refractivity contribution < 1.29 is 19.0 Å². The minimum Gasteiger partial charge on any atom is -0.496 e. The van der Waals surface area contributed by atoms with E-state index in [2.05, 4.69) is 4.98 Å². The van der Waals surface area contributed by atoms with Gasteiger partial charge < -0.3 is 14.8 Å². The van der Waals surface area contributed by atoms with Crippen LogP contribution in [0.25, 0.3) is 22.2 Å². The fraction of sp³-hybridized carbons (Fsp3) is 0.160. The third-order valence-electron chi connectivity index (χ3n) is 5.45. The maximum Gasteiger partial charge on any atom is 0.310 e. The van der Waals surface area contributed by atoms with Crippen molar-refractivity contribution in [2.45, 2.75) is 19.3 Å². The summed E-state index contributed by atoms with van der Waals surface area (Å²) in [5, 5.41) is 10.7. The molecular formula is C25H22FNO3. The van der Waals surface area contributed by atoms with Crippen molar-refractivity contribution in [3.05, 3.63) is 89.2 Å². The van der Waals surface area contributed by atoms with Crippen LogP contribution in [0.4, 0.5) is 4.39 Å². The predicted molar refractivity (Wildman–Crippen MR) is 116 cm³/mol. The molecule has 4 rings (SSSR count). The molecule has 0 aliphatic heterocycles. The average molecular weight is 403 g/mol. The SMILES string of the molecule is COc1ccc2[nH]c(-c3ccc(F)cc3)c(C(C)C(=O)O)c2c1Cc1ccccc1. The Kier molecular flexibility index (Phi) is 5.27. The predicted octanol–water partition coefficient (Wildman–Crippen LogP) is 5.76. The van der Waals surface area contributed by atoms with E-state index in [0.29, 0.717) is 23.4 Å². The third kappa shape index (κ3) is 3.54. The fourth-order valence-electron chi connectivity index (χ4n) is 3.93. The molecule has 1 heterocycles. The largest absolute Gasteiger partial charge is 0.496 e. The van der Waals surface area contributed by atoms with E-state index in [-0.39, 0.29) is 5.82 Å². The summed E-state index contributed by atoms with van der Waals surface area (Å²) in [5.41, 5.74) is 4.94. The fourth-order valence-corrected chi connectivity index (χ4v) is 3.93. The summed E-state index contributed by atoms with van der Waals surface area (Å²) >= 11 is 0. The lowest BCUT2D eigenvalue weighted by atomic mass is 9.90. The molecule has 1 aromatic heterocycles. The Morgan fingerprint density at radius 3 is 2.40 bits per heavy atom. The molecule has 5 heteroatoms. The molecule has 0 aliphatic carbocycles. The lowest BCUT2D eigenvalue weighted by Gasteiger charge is -2.15. The molecule has 0 radical (unpaired) electrons. The molecule has 1 unspecified atom stereocenters. The van der Waals surface area contributed by atoms with Crippen molar-refractivity contribution in [1.29, 1.82) is 0 Å². The Labute approximate surface area is 173 Å². The highest BCUT2D eigenvalue weighted by atomic mass is 19.1. The van der Waals surface area contributed by atoms with E-state index in [9.17, 15) is 14.3 Å². The Bertz CT molecular complexity index is 1200. The second kappa shape index (κ2) is 8.03. The summed E-state index contributed by atoms with van der Waals surface area (Å²) in [6.45, 7) is 1.67. The number of methoxy groups -OCH3 is 1. The first-order valence-corrected chi connectivity index (χ1v) is 9.73. The molecule has 3 aromatic carbocycles. The number of halogens is 1. The zero-order valence-corrected chi connectivity index (χ0v) is 16.8. The molecule has 0 saturated heterocycles. The van der Waals surface area contributed by atoms with Crippen molar-refractivity contribution in [2.75, 3.05) is 7.11 Å².